The highest BCUT2D eigenvalue weighted by molar-refractivity contribution is 5.66. The summed E-state index contributed by atoms with van der Waals surface area (Å²) in [6.07, 6.45) is 17.7. The molecule has 3 nitrogen and oxygen atoms in total. The Morgan fingerprint density at radius 2 is 1.90 bits per heavy atom. The van der Waals surface area contributed by atoms with Crippen LogP contribution < -0.4 is 5.11 Å². The average Bonchev–Trinajstić information content (AvgIpc) is 2.68. The maximum absolute atomic E-state index is 10.7. The molecule has 0 spiro atoms. The number of carbonyl (C=O) groups excluding carboxylic acids is 1. The lowest BCUT2D eigenvalue weighted by atomic mass is 9.87. The topological polar surface area (TPSA) is 60.4 Å². The van der Waals surface area contributed by atoms with Crippen LogP contribution in [0.25, 0.3) is 0 Å². The summed E-state index contributed by atoms with van der Waals surface area (Å²) in [6.45, 7) is 10.7. The summed E-state index contributed by atoms with van der Waals surface area (Å²) in [6, 6.07) is 0. The summed E-state index contributed by atoms with van der Waals surface area (Å²) < 4.78 is 0. The molecule has 4 unspecified atom stereocenters. The van der Waals surface area contributed by atoms with E-state index in [4.69, 9.17) is 0 Å². The lowest BCUT2D eigenvalue weighted by Crippen LogP contribution is -2.29. The van der Waals surface area contributed by atoms with Gasteiger partial charge in [-0.2, -0.15) is 0 Å². The van der Waals surface area contributed by atoms with E-state index in [9.17, 15) is 15.0 Å². The van der Waals surface area contributed by atoms with E-state index in [-0.39, 0.29) is 12.0 Å². The molecule has 30 heavy (non-hydrogen) atoms. The zero-order valence-electron chi connectivity index (χ0n) is 20.1. The summed E-state index contributed by atoms with van der Waals surface area (Å²) in [5.74, 6) is 0.0290. The molecule has 3 heteroatoms. The number of aliphatic hydroxyl groups is 1. The number of hydrogen-bond acceptors (Lipinski definition) is 3. The number of carboxylic acid groups (broad SMARTS) is 1. The average molecular weight is 418 g/mol. The molecule has 1 N–H and O–H groups in total. The van der Waals surface area contributed by atoms with Crippen molar-refractivity contribution >= 4 is 5.97 Å². The molecule has 0 saturated carbocycles. The van der Waals surface area contributed by atoms with E-state index in [1.807, 2.05) is 0 Å². The van der Waals surface area contributed by atoms with Crippen LogP contribution in [0.2, 0.25) is 0 Å². The molecule has 0 radical (unpaired) electrons. The van der Waals surface area contributed by atoms with Crippen molar-refractivity contribution in [2.75, 3.05) is 0 Å². The normalized spacial score (nSPS) is 20.3. The van der Waals surface area contributed by atoms with E-state index in [1.54, 1.807) is 6.92 Å². The second kappa shape index (κ2) is 14.6. The Morgan fingerprint density at radius 1 is 1.17 bits per heavy atom. The lowest BCUT2D eigenvalue weighted by molar-refractivity contribution is -0.311. The maximum Gasteiger partial charge on any atom is 0.0543 e. The van der Waals surface area contributed by atoms with Crippen molar-refractivity contribution in [1.29, 1.82) is 0 Å². The first kappa shape index (κ1) is 26.7. The molecule has 172 valence electrons. The predicted molar refractivity (Wildman–Crippen MR) is 125 cm³/mol. The fourth-order valence-corrected chi connectivity index (χ4v) is 4.09. The van der Waals surface area contributed by atoms with Gasteiger partial charge in [0.25, 0.3) is 0 Å². The molecule has 0 heterocycles. The van der Waals surface area contributed by atoms with E-state index in [2.05, 4.69) is 45.9 Å². The van der Waals surface area contributed by atoms with Crippen LogP contribution in [-0.4, -0.2) is 17.2 Å². The molecule has 0 amide bonds. The Morgan fingerprint density at radius 3 is 2.57 bits per heavy atom. The predicted octanol–water partition coefficient (Wildman–Crippen LogP) is 6.13. The molecular weight excluding hydrogens is 372 g/mol. The fraction of sp³-hybridized carbons (Fsp3) is 0.741. The molecule has 0 aromatic carbocycles. The summed E-state index contributed by atoms with van der Waals surface area (Å²) >= 11 is 0. The zero-order valence-corrected chi connectivity index (χ0v) is 20.1. The van der Waals surface area contributed by atoms with Crippen LogP contribution in [0.1, 0.15) is 105 Å². The number of aliphatic carboxylic acids is 1. The minimum absolute atomic E-state index is 0.175. The molecule has 0 bridgehead atoms. The Hall–Kier alpha value is -1.35. The second-order valence-electron chi connectivity index (χ2n) is 9.81. The molecule has 0 saturated heterocycles. The Bertz CT molecular complexity index is 599. The fourth-order valence-electron chi connectivity index (χ4n) is 4.09. The van der Waals surface area contributed by atoms with E-state index >= 15 is 0 Å². The van der Waals surface area contributed by atoms with Crippen molar-refractivity contribution in [3.05, 3.63) is 34.9 Å². The molecule has 0 aromatic rings. The minimum Gasteiger partial charge on any atom is -0.550 e. The first-order chi connectivity index (χ1) is 14.2. The van der Waals surface area contributed by atoms with E-state index < -0.39 is 5.97 Å². The second-order valence-corrected chi connectivity index (χ2v) is 9.81. The zero-order chi connectivity index (χ0) is 22.5. The number of hydrogen-bond donors (Lipinski definition) is 1. The van der Waals surface area contributed by atoms with Crippen molar-refractivity contribution in [1.82, 2.24) is 0 Å². The molecule has 0 aromatic heterocycles. The van der Waals surface area contributed by atoms with Crippen LogP contribution in [-0.2, 0) is 4.79 Å². The van der Waals surface area contributed by atoms with Crippen molar-refractivity contribution in [2.24, 2.45) is 17.8 Å². The van der Waals surface area contributed by atoms with Gasteiger partial charge < -0.3 is 15.0 Å². The summed E-state index contributed by atoms with van der Waals surface area (Å²) in [5.41, 5.74) is 4.31. The van der Waals surface area contributed by atoms with Gasteiger partial charge in [0.2, 0.25) is 0 Å². The van der Waals surface area contributed by atoms with Gasteiger partial charge in [-0.05, 0) is 89.4 Å². The van der Waals surface area contributed by atoms with Crippen molar-refractivity contribution in [2.45, 2.75) is 111 Å². The third-order valence-corrected chi connectivity index (χ3v) is 6.72. The molecule has 1 aliphatic rings. The van der Waals surface area contributed by atoms with Crippen molar-refractivity contribution in [3.63, 3.8) is 0 Å². The molecular formula is C27H45O3-. The van der Waals surface area contributed by atoms with Gasteiger partial charge in [-0.3, -0.25) is 0 Å². The highest BCUT2D eigenvalue weighted by atomic mass is 16.4. The van der Waals surface area contributed by atoms with Gasteiger partial charge in [0.1, 0.15) is 0 Å². The quantitative estimate of drug-likeness (QED) is 0.326. The highest BCUT2D eigenvalue weighted by Gasteiger charge is 2.13. The summed E-state index contributed by atoms with van der Waals surface area (Å²) in [5, 5.41) is 21.1. The summed E-state index contributed by atoms with van der Waals surface area (Å²) in [7, 11) is 0. The van der Waals surface area contributed by atoms with Crippen LogP contribution in [0.15, 0.2) is 34.9 Å². The van der Waals surface area contributed by atoms with Gasteiger partial charge >= 0.3 is 0 Å². The van der Waals surface area contributed by atoms with Crippen LogP contribution in [0, 0.1) is 17.8 Å². The number of carbonyl (C=O) groups is 1. The third kappa shape index (κ3) is 11.7. The smallest absolute Gasteiger partial charge is 0.0543 e. The number of rotatable bonds is 15. The monoisotopic (exact) mass is 417 g/mol. The summed E-state index contributed by atoms with van der Waals surface area (Å²) in [4.78, 5) is 10.7. The van der Waals surface area contributed by atoms with E-state index in [0.29, 0.717) is 18.3 Å². The van der Waals surface area contributed by atoms with Gasteiger partial charge in [0.05, 0.1) is 6.10 Å². The molecule has 4 atom stereocenters. The largest absolute Gasteiger partial charge is 0.550 e. The van der Waals surface area contributed by atoms with Crippen LogP contribution in [0.4, 0.5) is 0 Å². The SMILES string of the molecule is CC1=CC=C(CCC(O)CCCC(C)CC/C=C(\C)CCCC(C)C(=O)[O-])CC1C. The van der Waals surface area contributed by atoms with Gasteiger partial charge in [-0.15, -0.1) is 0 Å². The van der Waals surface area contributed by atoms with E-state index in [1.165, 1.54) is 29.6 Å². The number of carboxylic acids is 1. The first-order valence-electron chi connectivity index (χ1n) is 12.1. The van der Waals surface area contributed by atoms with Crippen molar-refractivity contribution < 1.29 is 15.0 Å². The Kier molecular flexibility index (Phi) is 13.0. The van der Waals surface area contributed by atoms with Gasteiger partial charge in [-0.25, -0.2) is 0 Å². The van der Waals surface area contributed by atoms with Crippen LogP contribution in [0.3, 0.4) is 0 Å². The van der Waals surface area contributed by atoms with Gasteiger partial charge in [0, 0.05) is 5.97 Å². The molecule has 1 aliphatic carbocycles. The highest BCUT2D eigenvalue weighted by Crippen LogP contribution is 2.28. The van der Waals surface area contributed by atoms with Gasteiger partial charge in [-0.1, -0.05) is 68.6 Å². The van der Waals surface area contributed by atoms with Crippen LogP contribution in [0.5, 0.6) is 0 Å². The first-order valence-corrected chi connectivity index (χ1v) is 12.1. The third-order valence-electron chi connectivity index (χ3n) is 6.72. The van der Waals surface area contributed by atoms with E-state index in [0.717, 1.165) is 51.4 Å². The molecule has 0 fully saturated rings. The van der Waals surface area contributed by atoms with Crippen LogP contribution >= 0.6 is 0 Å². The van der Waals surface area contributed by atoms with Gasteiger partial charge in [0.15, 0.2) is 0 Å². The Labute approximate surface area is 185 Å². The number of allylic oxidation sites excluding steroid dienone is 6. The maximum atomic E-state index is 10.7. The standard InChI is InChI=1S/C27H46O3/c1-20(11-7-13-23(4)27(29)30)9-6-10-21(2)12-8-14-26(28)18-17-25-16-15-22(3)24(5)19-25/h9,15-16,21,23-24,26,28H,6-8,10-14,17-19H2,1-5H3,(H,29,30)/p-1/b20-9+. The Balaban J connectivity index is 2.10. The molecule has 1 rings (SSSR count). The minimum atomic E-state index is -0.941. The lowest BCUT2D eigenvalue weighted by Gasteiger charge is -2.20. The molecule has 0 aliphatic heterocycles. The number of aliphatic hydroxyl groups excluding tert-OH is 1. The van der Waals surface area contributed by atoms with Crippen molar-refractivity contribution in [3.8, 4) is 0 Å².